The lowest BCUT2D eigenvalue weighted by atomic mass is 9.85. The molecule has 0 heterocycles. The van der Waals surface area contributed by atoms with Gasteiger partial charge in [-0.2, -0.15) is 0 Å². The minimum atomic E-state index is -1.24. The molecular formula is C18H21N3O9. The van der Waals surface area contributed by atoms with Crippen molar-refractivity contribution in [2.75, 3.05) is 0 Å². The van der Waals surface area contributed by atoms with E-state index in [2.05, 4.69) is 0 Å². The zero-order valence-corrected chi connectivity index (χ0v) is 15.8. The van der Waals surface area contributed by atoms with Crippen LogP contribution in [0.4, 0.5) is 4.79 Å². The second-order valence-corrected chi connectivity index (χ2v) is 6.28. The van der Waals surface area contributed by atoms with Gasteiger partial charge in [0.05, 0.1) is 0 Å². The van der Waals surface area contributed by atoms with Crippen molar-refractivity contribution in [2.24, 2.45) is 11.5 Å². The number of amides is 4. The van der Waals surface area contributed by atoms with E-state index in [0.29, 0.717) is 0 Å². The van der Waals surface area contributed by atoms with Crippen LogP contribution in [-0.2, 0) is 33.6 Å². The van der Waals surface area contributed by atoms with Crippen LogP contribution in [0.3, 0.4) is 0 Å². The Kier molecular flexibility index (Phi) is 8.47. The number of nitrogens with one attached hydrogen (secondary N) is 1. The highest BCUT2D eigenvalue weighted by Crippen LogP contribution is 2.28. The predicted octanol–water partition coefficient (Wildman–Crippen LogP) is -0.354. The molecule has 12 nitrogen and oxygen atoms in total. The maximum absolute atomic E-state index is 12.7. The first-order chi connectivity index (χ1) is 13.9. The highest BCUT2D eigenvalue weighted by molar-refractivity contribution is 6.08. The summed E-state index contributed by atoms with van der Waals surface area (Å²) >= 11 is 0. The maximum Gasteiger partial charge on any atom is 0.319 e. The van der Waals surface area contributed by atoms with E-state index < -0.39 is 55.0 Å². The Hall–Kier alpha value is -3.96. The molecule has 1 aromatic rings. The Bertz CT molecular complexity index is 909. The quantitative estimate of drug-likeness (QED) is 0.273. The first-order valence-electron chi connectivity index (χ1n) is 8.67. The lowest BCUT2D eigenvalue weighted by Crippen LogP contribution is -2.37. The largest absolute Gasteiger partial charge is 0.481 e. The van der Waals surface area contributed by atoms with Crippen molar-refractivity contribution in [3.8, 4) is 0 Å². The van der Waals surface area contributed by atoms with Gasteiger partial charge in [0, 0.05) is 30.4 Å². The van der Waals surface area contributed by atoms with E-state index in [0.717, 1.165) is 0 Å². The molecule has 12 heteroatoms. The van der Waals surface area contributed by atoms with Crippen molar-refractivity contribution >= 4 is 35.8 Å². The maximum atomic E-state index is 12.7. The Labute approximate surface area is 169 Å². The fourth-order valence-corrected chi connectivity index (χ4v) is 2.97. The molecule has 0 aliphatic rings. The summed E-state index contributed by atoms with van der Waals surface area (Å²) in [5.74, 6) is -5.73. The first kappa shape index (κ1) is 24.1. The standard InChI is InChI=1S/C18H21N3O9/c19-16(28)11-7-8(1-4-12(22)23)9(2-5-13(24)25)15(17(29)21-18(20)30)10(11)3-6-14(26)27/h7H,1-6H2,(H2,19,28)(H,22,23)(H,24,25)(H,26,27)(H3,20,21,29,30). The Morgan fingerprint density at radius 2 is 1.23 bits per heavy atom. The highest BCUT2D eigenvalue weighted by atomic mass is 16.4. The van der Waals surface area contributed by atoms with Gasteiger partial charge in [-0.25, -0.2) is 4.79 Å². The third-order valence-electron chi connectivity index (χ3n) is 4.15. The number of aliphatic carboxylic acids is 3. The molecule has 8 N–H and O–H groups in total. The van der Waals surface area contributed by atoms with Gasteiger partial charge in [-0.05, 0) is 42.0 Å². The van der Waals surface area contributed by atoms with Gasteiger partial charge in [0.1, 0.15) is 0 Å². The van der Waals surface area contributed by atoms with Crippen LogP contribution in [0.1, 0.15) is 56.7 Å². The lowest BCUT2D eigenvalue weighted by Gasteiger charge is -2.20. The number of aryl methyl sites for hydroxylation is 1. The number of carbonyl (C=O) groups excluding carboxylic acids is 3. The second-order valence-electron chi connectivity index (χ2n) is 6.28. The third-order valence-corrected chi connectivity index (χ3v) is 4.15. The van der Waals surface area contributed by atoms with E-state index >= 15 is 0 Å². The number of carboxylic acid groups (broad SMARTS) is 3. The predicted molar refractivity (Wildman–Crippen MR) is 99.9 cm³/mol. The van der Waals surface area contributed by atoms with Crippen LogP contribution in [0.2, 0.25) is 0 Å². The third kappa shape index (κ3) is 6.89. The molecule has 0 spiro atoms. The van der Waals surface area contributed by atoms with E-state index in [1.807, 2.05) is 5.32 Å². The first-order valence-corrected chi connectivity index (χ1v) is 8.67. The number of carboxylic acids is 3. The molecule has 0 aromatic heterocycles. The molecule has 1 aromatic carbocycles. The topological polar surface area (TPSA) is 227 Å². The lowest BCUT2D eigenvalue weighted by molar-refractivity contribution is -0.138. The van der Waals surface area contributed by atoms with Crippen molar-refractivity contribution in [1.82, 2.24) is 5.32 Å². The SMILES string of the molecule is NC(=O)NC(=O)c1c(CCC(=O)O)c(CCC(=O)O)cc(C(N)=O)c1CCC(=O)O. The van der Waals surface area contributed by atoms with E-state index in [4.69, 9.17) is 26.8 Å². The molecule has 0 unspecified atom stereocenters. The molecule has 4 amide bonds. The van der Waals surface area contributed by atoms with Crippen molar-refractivity contribution in [3.63, 3.8) is 0 Å². The zero-order chi connectivity index (χ0) is 23.0. The zero-order valence-electron chi connectivity index (χ0n) is 15.8. The number of imide groups is 1. The summed E-state index contributed by atoms with van der Waals surface area (Å²) in [7, 11) is 0. The number of primary amides is 2. The number of benzene rings is 1. The molecule has 0 fully saturated rings. The van der Waals surface area contributed by atoms with E-state index in [9.17, 15) is 28.8 Å². The number of urea groups is 1. The average molecular weight is 423 g/mol. The Morgan fingerprint density at radius 3 is 1.67 bits per heavy atom. The summed E-state index contributed by atoms with van der Waals surface area (Å²) in [4.78, 5) is 68.9. The molecule has 162 valence electrons. The molecule has 0 saturated heterocycles. The molecule has 0 bridgehead atoms. The summed E-state index contributed by atoms with van der Waals surface area (Å²) in [6.07, 6.45) is -2.08. The summed E-state index contributed by atoms with van der Waals surface area (Å²) in [5, 5.41) is 28.8. The van der Waals surface area contributed by atoms with E-state index in [1.165, 1.54) is 6.07 Å². The van der Waals surface area contributed by atoms with Gasteiger partial charge in [-0.1, -0.05) is 0 Å². The van der Waals surface area contributed by atoms with Crippen LogP contribution in [0, 0.1) is 0 Å². The van der Waals surface area contributed by atoms with Gasteiger partial charge in [0.2, 0.25) is 5.91 Å². The van der Waals surface area contributed by atoms with E-state index in [-0.39, 0.29) is 47.1 Å². The van der Waals surface area contributed by atoms with Crippen LogP contribution in [0.15, 0.2) is 6.07 Å². The summed E-state index contributed by atoms with van der Waals surface area (Å²) in [6.45, 7) is 0. The van der Waals surface area contributed by atoms with Gasteiger partial charge in [-0.3, -0.25) is 29.3 Å². The molecule has 0 aliphatic heterocycles. The van der Waals surface area contributed by atoms with Crippen LogP contribution in [-0.4, -0.2) is 51.1 Å². The summed E-state index contributed by atoms with van der Waals surface area (Å²) in [6, 6.07) is -0.00864. The second kappa shape index (κ2) is 10.5. The molecule has 0 atom stereocenters. The number of rotatable bonds is 11. The van der Waals surface area contributed by atoms with Crippen molar-refractivity contribution in [3.05, 3.63) is 33.9 Å². The number of nitrogens with two attached hydrogens (primary N) is 2. The summed E-state index contributed by atoms with van der Waals surface area (Å²) in [5.41, 5.74) is 9.95. The minimum absolute atomic E-state index is 0.0720. The Morgan fingerprint density at radius 1 is 0.767 bits per heavy atom. The fraction of sp³-hybridized carbons (Fsp3) is 0.333. The van der Waals surface area contributed by atoms with Gasteiger partial charge >= 0.3 is 23.9 Å². The van der Waals surface area contributed by atoms with Gasteiger partial charge in [-0.15, -0.1) is 0 Å². The van der Waals surface area contributed by atoms with Crippen LogP contribution in [0.5, 0.6) is 0 Å². The molecule has 0 saturated carbocycles. The summed E-state index contributed by atoms with van der Waals surface area (Å²) < 4.78 is 0. The Balaban J connectivity index is 3.82. The van der Waals surface area contributed by atoms with Crippen LogP contribution < -0.4 is 16.8 Å². The smallest absolute Gasteiger partial charge is 0.319 e. The molecular weight excluding hydrogens is 402 g/mol. The molecule has 30 heavy (non-hydrogen) atoms. The molecule has 0 aliphatic carbocycles. The number of carbonyl (C=O) groups is 6. The van der Waals surface area contributed by atoms with E-state index in [1.54, 1.807) is 0 Å². The van der Waals surface area contributed by atoms with Crippen molar-refractivity contribution in [1.29, 1.82) is 0 Å². The van der Waals surface area contributed by atoms with Crippen LogP contribution in [0.25, 0.3) is 0 Å². The average Bonchev–Trinajstić information content (AvgIpc) is 2.61. The number of hydrogen-bond acceptors (Lipinski definition) is 6. The van der Waals surface area contributed by atoms with Gasteiger partial charge in [0.25, 0.3) is 5.91 Å². The van der Waals surface area contributed by atoms with Crippen LogP contribution >= 0.6 is 0 Å². The minimum Gasteiger partial charge on any atom is -0.481 e. The van der Waals surface area contributed by atoms with Gasteiger partial charge in [0.15, 0.2) is 0 Å². The number of hydrogen-bond donors (Lipinski definition) is 6. The highest BCUT2D eigenvalue weighted by Gasteiger charge is 2.26. The molecule has 0 radical (unpaired) electrons. The van der Waals surface area contributed by atoms with Crippen molar-refractivity contribution in [2.45, 2.75) is 38.5 Å². The van der Waals surface area contributed by atoms with Crippen molar-refractivity contribution < 1.29 is 44.1 Å². The fourth-order valence-electron chi connectivity index (χ4n) is 2.97. The monoisotopic (exact) mass is 423 g/mol. The molecule has 1 rings (SSSR count). The van der Waals surface area contributed by atoms with Gasteiger partial charge < -0.3 is 26.8 Å². The normalized spacial score (nSPS) is 10.3.